The Hall–Kier alpha value is -1.14. The summed E-state index contributed by atoms with van der Waals surface area (Å²) in [5.41, 5.74) is 0.289. The van der Waals surface area contributed by atoms with Crippen LogP contribution in [0, 0.1) is 11.8 Å². The van der Waals surface area contributed by atoms with E-state index in [0.29, 0.717) is 6.54 Å². The number of carbonyl (C=O) groups is 2. The Kier molecular flexibility index (Phi) is 14.8. The Morgan fingerprint density at radius 1 is 0.690 bits per heavy atom. The fraction of sp³-hybridized carbons (Fsp3) is 0.913. The van der Waals surface area contributed by atoms with Gasteiger partial charge in [0.15, 0.2) is 0 Å². The van der Waals surface area contributed by atoms with Crippen molar-refractivity contribution in [2.24, 2.45) is 11.8 Å². The van der Waals surface area contributed by atoms with Crippen LogP contribution in [0.3, 0.4) is 0 Å². The first-order valence-electron chi connectivity index (χ1n) is 9.78. The Labute approximate surface area is 180 Å². The summed E-state index contributed by atoms with van der Waals surface area (Å²) in [6.07, 6.45) is 3.44. The molecule has 1 atom stereocenters. The summed E-state index contributed by atoms with van der Waals surface area (Å²) < 4.78 is 0. The van der Waals surface area contributed by atoms with Crippen LogP contribution in [0.1, 0.15) is 89.5 Å². The van der Waals surface area contributed by atoms with Crippen molar-refractivity contribution in [1.82, 2.24) is 9.80 Å². The van der Waals surface area contributed by atoms with Crippen LogP contribution in [-0.4, -0.2) is 69.2 Å². The highest BCUT2D eigenvalue weighted by Crippen LogP contribution is 2.24. The van der Waals surface area contributed by atoms with Crippen LogP contribution in [0.2, 0.25) is 0 Å². The molecule has 0 saturated carbocycles. The van der Waals surface area contributed by atoms with E-state index in [4.69, 9.17) is 10.2 Å². The summed E-state index contributed by atoms with van der Waals surface area (Å²) in [5.74, 6) is -1.55. The van der Waals surface area contributed by atoms with Crippen molar-refractivity contribution in [3.8, 4) is 0 Å². The third-order valence-electron chi connectivity index (χ3n) is 5.51. The fourth-order valence-electron chi connectivity index (χ4n) is 3.59. The smallest absolute Gasteiger partial charge is 0.307 e. The summed E-state index contributed by atoms with van der Waals surface area (Å²) in [6, 6.07) is 0. The lowest BCUT2D eigenvalue weighted by Crippen LogP contribution is -2.48. The van der Waals surface area contributed by atoms with Gasteiger partial charge in [-0.2, -0.15) is 0 Å². The molecule has 2 heterocycles. The van der Waals surface area contributed by atoms with E-state index >= 15 is 0 Å². The number of rotatable bonds is 2. The Morgan fingerprint density at radius 3 is 1.45 bits per heavy atom. The first-order valence-corrected chi connectivity index (χ1v) is 9.78. The van der Waals surface area contributed by atoms with Gasteiger partial charge in [-0.3, -0.25) is 19.4 Å². The number of aliphatic carboxylic acids is 2. The van der Waals surface area contributed by atoms with E-state index in [-0.39, 0.29) is 45.2 Å². The lowest BCUT2D eigenvalue weighted by atomic mass is 9.93. The largest absolute Gasteiger partial charge is 0.481 e. The number of likely N-dealkylation sites (tertiary alicyclic amines) is 2. The zero-order chi connectivity index (χ0) is 20.1. The highest BCUT2D eigenvalue weighted by atomic mass is 16.4. The van der Waals surface area contributed by atoms with Gasteiger partial charge in [-0.05, 0) is 86.9 Å². The second-order valence-corrected chi connectivity index (χ2v) is 9.56. The first kappa shape index (κ1) is 32.5. The van der Waals surface area contributed by atoms with E-state index in [1.165, 1.54) is 0 Å². The molecule has 0 bridgehead atoms. The van der Waals surface area contributed by atoms with Crippen LogP contribution >= 0.6 is 0 Å². The number of carboxylic acid groups (broad SMARTS) is 2. The standard InChI is InChI=1S/2C10H19NO2.3CH4/c1-10(2,3)11-6-4-8(5-7-11)9(12)13;1-10(2,3)11-6-4-5-8(7-11)9(12)13;;;/h2*8H,4-7H2,1-3H3,(H,12,13);3*1H4. The molecule has 176 valence electrons. The van der Waals surface area contributed by atoms with E-state index in [1.54, 1.807) is 0 Å². The van der Waals surface area contributed by atoms with Gasteiger partial charge in [0.1, 0.15) is 0 Å². The summed E-state index contributed by atoms with van der Waals surface area (Å²) in [7, 11) is 0. The highest BCUT2D eigenvalue weighted by molar-refractivity contribution is 5.70. The van der Waals surface area contributed by atoms with Gasteiger partial charge in [0.05, 0.1) is 11.8 Å². The zero-order valence-corrected chi connectivity index (χ0v) is 17.4. The maximum Gasteiger partial charge on any atom is 0.307 e. The van der Waals surface area contributed by atoms with Crippen LogP contribution < -0.4 is 0 Å². The molecule has 0 aromatic carbocycles. The molecule has 6 heteroatoms. The molecule has 0 amide bonds. The number of hydrogen-bond acceptors (Lipinski definition) is 4. The van der Waals surface area contributed by atoms with E-state index in [9.17, 15) is 9.59 Å². The number of piperidine rings is 2. The van der Waals surface area contributed by atoms with Crippen LogP contribution in [-0.2, 0) is 9.59 Å². The number of hydrogen-bond donors (Lipinski definition) is 2. The van der Waals surface area contributed by atoms with Gasteiger partial charge in [-0.15, -0.1) is 0 Å². The minimum atomic E-state index is -0.644. The minimum absolute atomic E-state index is 0. The lowest BCUT2D eigenvalue weighted by molar-refractivity contribution is -0.145. The predicted octanol–water partition coefficient (Wildman–Crippen LogP) is 5.07. The molecule has 0 aromatic heterocycles. The third-order valence-corrected chi connectivity index (χ3v) is 5.51. The predicted molar refractivity (Wildman–Crippen MR) is 124 cm³/mol. The average molecular weight is 419 g/mol. The summed E-state index contributed by atoms with van der Waals surface area (Å²) in [5, 5.41) is 17.7. The van der Waals surface area contributed by atoms with Crippen LogP contribution in [0.25, 0.3) is 0 Å². The molecular formula is C23H50N2O4. The van der Waals surface area contributed by atoms with Crippen LogP contribution in [0.15, 0.2) is 0 Å². The molecule has 29 heavy (non-hydrogen) atoms. The van der Waals surface area contributed by atoms with E-state index in [1.807, 2.05) is 0 Å². The first-order chi connectivity index (χ1) is 11.8. The average Bonchev–Trinajstić information content (AvgIpc) is 2.54. The third kappa shape index (κ3) is 11.0. The zero-order valence-electron chi connectivity index (χ0n) is 17.4. The molecule has 0 aromatic rings. The molecule has 2 rings (SSSR count). The molecular weight excluding hydrogens is 368 g/mol. The summed E-state index contributed by atoms with van der Waals surface area (Å²) >= 11 is 0. The topological polar surface area (TPSA) is 81.1 Å². The molecule has 1 unspecified atom stereocenters. The normalized spacial score (nSPS) is 21.4. The van der Waals surface area contributed by atoms with Crippen molar-refractivity contribution >= 4 is 11.9 Å². The van der Waals surface area contributed by atoms with Gasteiger partial charge < -0.3 is 10.2 Å². The van der Waals surface area contributed by atoms with Crippen LogP contribution in [0.5, 0.6) is 0 Å². The second-order valence-electron chi connectivity index (χ2n) is 9.56. The lowest BCUT2D eigenvalue weighted by Gasteiger charge is -2.40. The fourth-order valence-corrected chi connectivity index (χ4v) is 3.59. The van der Waals surface area contributed by atoms with Crippen molar-refractivity contribution in [2.75, 3.05) is 26.2 Å². The van der Waals surface area contributed by atoms with Crippen molar-refractivity contribution in [1.29, 1.82) is 0 Å². The number of carboxylic acids is 2. The molecule has 6 nitrogen and oxygen atoms in total. The van der Waals surface area contributed by atoms with Gasteiger partial charge in [0.25, 0.3) is 0 Å². The van der Waals surface area contributed by atoms with Gasteiger partial charge in [-0.25, -0.2) is 0 Å². The molecule has 2 fully saturated rings. The van der Waals surface area contributed by atoms with Crippen molar-refractivity contribution in [3.63, 3.8) is 0 Å². The highest BCUT2D eigenvalue weighted by Gasteiger charge is 2.31. The Morgan fingerprint density at radius 2 is 1.10 bits per heavy atom. The molecule has 2 aliphatic heterocycles. The molecule has 2 N–H and O–H groups in total. The van der Waals surface area contributed by atoms with Crippen molar-refractivity contribution in [3.05, 3.63) is 0 Å². The molecule has 0 aliphatic carbocycles. The van der Waals surface area contributed by atoms with Crippen molar-refractivity contribution in [2.45, 2.75) is 101 Å². The van der Waals surface area contributed by atoms with Crippen molar-refractivity contribution < 1.29 is 19.8 Å². The molecule has 0 radical (unpaired) electrons. The molecule has 2 saturated heterocycles. The monoisotopic (exact) mass is 418 g/mol. The van der Waals surface area contributed by atoms with Crippen LogP contribution in [0.4, 0.5) is 0 Å². The second kappa shape index (κ2) is 13.2. The van der Waals surface area contributed by atoms with Gasteiger partial charge in [-0.1, -0.05) is 22.3 Å². The summed E-state index contributed by atoms with van der Waals surface area (Å²) in [6.45, 7) is 16.5. The number of nitrogens with zero attached hydrogens (tertiary/aromatic N) is 2. The van der Waals surface area contributed by atoms with E-state index < -0.39 is 11.9 Å². The maximum absolute atomic E-state index is 10.8. The Bertz CT molecular complexity index is 472. The van der Waals surface area contributed by atoms with E-state index in [2.05, 4.69) is 51.3 Å². The minimum Gasteiger partial charge on any atom is -0.481 e. The SMILES string of the molecule is C.C.C.CC(C)(C)N1CCC(C(=O)O)CC1.CC(C)(C)N1CCCC(C(=O)O)C1. The summed E-state index contributed by atoms with van der Waals surface area (Å²) in [4.78, 5) is 26.1. The quantitative estimate of drug-likeness (QED) is 0.651. The Balaban J connectivity index is -0.000000422. The molecule has 0 spiro atoms. The van der Waals surface area contributed by atoms with Gasteiger partial charge in [0, 0.05) is 17.6 Å². The maximum atomic E-state index is 10.8. The van der Waals surface area contributed by atoms with E-state index in [0.717, 1.165) is 45.3 Å². The van der Waals surface area contributed by atoms with Gasteiger partial charge >= 0.3 is 11.9 Å². The van der Waals surface area contributed by atoms with Gasteiger partial charge in [0.2, 0.25) is 0 Å². The molecule has 2 aliphatic rings.